The largest absolute Gasteiger partial charge is 0.497 e. The number of amides is 1. The van der Waals surface area contributed by atoms with Gasteiger partial charge in [-0.05, 0) is 55.0 Å². The number of carbonyl (C=O) groups excluding carboxylic acids is 1. The molecule has 9 nitrogen and oxygen atoms in total. The molecule has 2 rings (SSSR count). The predicted octanol–water partition coefficient (Wildman–Crippen LogP) is 1.69. The number of sulfonamides is 2. The zero-order valence-corrected chi connectivity index (χ0v) is 18.3. The molecule has 0 aliphatic carbocycles. The summed E-state index contributed by atoms with van der Waals surface area (Å²) in [4.78, 5) is 12.2. The van der Waals surface area contributed by atoms with Crippen LogP contribution in [0.5, 0.6) is 5.75 Å². The minimum absolute atomic E-state index is 0.0668. The molecular formula is C19H25N3O6S2. The summed E-state index contributed by atoms with van der Waals surface area (Å²) in [6, 6.07) is 11.6. The molecule has 30 heavy (non-hydrogen) atoms. The summed E-state index contributed by atoms with van der Waals surface area (Å²) in [6.07, 6.45) is 0.586. The summed E-state index contributed by atoms with van der Waals surface area (Å²) in [6.45, 7) is 2.11. The van der Waals surface area contributed by atoms with Crippen LogP contribution in [0.1, 0.15) is 19.8 Å². The molecule has 0 atom stereocenters. The fourth-order valence-corrected chi connectivity index (χ4v) is 4.56. The summed E-state index contributed by atoms with van der Waals surface area (Å²) in [5, 5.41) is 2.60. The van der Waals surface area contributed by atoms with Crippen LogP contribution in [0.25, 0.3) is 0 Å². The van der Waals surface area contributed by atoms with E-state index in [2.05, 4.69) is 14.8 Å². The molecule has 164 valence electrons. The van der Waals surface area contributed by atoms with Crippen LogP contribution >= 0.6 is 0 Å². The number of benzene rings is 2. The van der Waals surface area contributed by atoms with Crippen LogP contribution in [0.3, 0.4) is 0 Å². The fraction of sp³-hybridized carbons (Fsp3) is 0.316. The van der Waals surface area contributed by atoms with Crippen molar-refractivity contribution < 1.29 is 26.4 Å². The lowest BCUT2D eigenvalue weighted by molar-refractivity contribution is -0.116. The van der Waals surface area contributed by atoms with E-state index < -0.39 is 26.0 Å². The third-order valence-electron chi connectivity index (χ3n) is 4.00. The SMILES string of the molecule is CCCNS(=O)(=O)c1ccc(NC(=O)CCNS(=O)(=O)c2ccc(OC)cc2)cc1. The molecule has 0 radical (unpaired) electrons. The average Bonchev–Trinajstić information content (AvgIpc) is 2.72. The van der Waals surface area contributed by atoms with Crippen LogP contribution < -0.4 is 19.5 Å². The van der Waals surface area contributed by atoms with Crippen molar-refractivity contribution in [3.05, 3.63) is 48.5 Å². The van der Waals surface area contributed by atoms with Gasteiger partial charge in [-0.25, -0.2) is 26.3 Å². The van der Waals surface area contributed by atoms with Gasteiger partial charge in [0.25, 0.3) is 0 Å². The molecule has 0 fully saturated rings. The molecule has 0 saturated carbocycles. The van der Waals surface area contributed by atoms with E-state index in [9.17, 15) is 21.6 Å². The zero-order chi connectivity index (χ0) is 22.2. The molecule has 3 N–H and O–H groups in total. The minimum atomic E-state index is -3.74. The first kappa shape index (κ1) is 23.8. The van der Waals surface area contributed by atoms with Crippen LogP contribution in [0.15, 0.2) is 58.3 Å². The van der Waals surface area contributed by atoms with Crippen molar-refractivity contribution in [3.8, 4) is 5.75 Å². The minimum Gasteiger partial charge on any atom is -0.497 e. The number of hydrogen-bond donors (Lipinski definition) is 3. The van der Waals surface area contributed by atoms with Crippen molar-refractivity contribution in [3.63, 3.8) is 0 Å². The third-order valence-corrected chi connectivity index (χ3v) is 6.96. The second kappa shape index (κ2) is 10.5. The Morgan fingerprint density at radius 1 is 0.833 bits per heavy atom. The lowest BCUT2D eigenvalue weighted by Crippen LogP contribution is -2.27. The van der Waals surface area contributed by atoms with Gasteiger partial charge in [-0.15, -0.1) is 0 Å². The number of nitrogens with one attached hydrogen (secondary N) is 3. The first-order valence-electron chi connectivity index (χ1n) is 9.21. The number of rotatable bonds is 11. The van der Waals surface area contributed by atoms with E-state index in [-0.39, 0.29) is 22.8 Å². The zero-order valence-electron chi connectivity index (χ0n) is 16.7. The molecule has 11 heteroatoms. The lowest BCUT2D eigenvalue weighted by atomic mass is 10.3. The van der Waals surface area contributed by atoms with Crippen molar-refractivity contribution >= 4 is 31.6 Å². The highest BCUT2D eigenvalue weighted by Gasteiger charge is 2.15. The monoisotopic (exact) mass is 455 g/mol. The molecule has 0 saturated heterocycles. The maximum Gasteiger partial charge on any atom is 0.240 e. The predicted molar refractivity (Wildman–Crippen MR) is 113 cm³/mol. The fourth-order valence-electron chi connectivity index (χ4n) is 2.40. The maximum absolute atomic E-state index is 12.2. The van der Waals surface area contributed by atoms with Crippen molar-refractivity contribution in [1.82, 2.24) is 9.44 Å². The van der Waals surface area contributed by atoms with Crippen molar-refractivity contribution in [2.45, 2.75) is 29.6 Å². The molecule has 0 aliphatic heterocycles. The van der Waals surface area contributed by atoms with Crippen molar-refractivity contribution in [1.29, 1.82) is 0 Å². The van der Waals surface area contributed by atoms with Crippen LogP contribution in [0, 0.1) is 0 Å². The second-order valence-electron chi connectivity index (χ2n) is 6.29. The first-order chi connectivity index (χ1) is 14.2. The van der Waals surface area contributed by atoms with Crippen molar-refractivity contribution in [2.24, 2.45) is 0 Å². The van der Waals surface area contributed by atoms with Gasteiger partial charge in [0.1, 0.15) is 5.75 Å². The van der Waals surface area contributed by atoms with Gasteiger partial charge in [-0.1, -0.05) is 6.92 Å². The van der Waals surface area contributed by atoms with Crippen LogP contribution in [-0.4, -0.2) is 42.9 Å². The van der Waals surface area contributed by atoms with E-state index in [1.165, 1.54) is 55.6 Å². The number of carbonyl (C=O) groups is 1. The summed E-state index contributed by atoms with van der Waals surface area (Å²) in [7, 11) is -5.84. The Bertz CT molecular complexity index is 1050. The van der Waals surface area contributed by atoms with E-state index in [1.807, 2.05) is 6.92 Å². The quantitative estimate of drug-likeness (QED) is 0.473. The molecule has 2 aromatic carbocycles. The summed E-state index contributed by atoms with van der Waals surface area (Å²) < 4.78 is 58.4. The van der Waals surface area contributed by atoms with Crippen LogP contribution in [0.4, 0.5) is 5.69 Å². The van der Waals surface area contributed by atoms with Gasteiger partial charge in [0.2, 0.25) is 26.0 Å². The standard InChI is InChI=1S/C19H25N3O6S2/c1-3-13-20-29(24,25)17-8-4-15(5-9-17)22-19(23)12-14-21-30(26,27)18-10-6-16(28-2)7-11-18/h4-11,20-21H,3,12-14H2,1-2H3,(H,22,23). The summed E-state index contributed by atoms with van der Waals surface area (Å²) in [5.74, 6) is 0.125. The molecule has 0 unspecified atom stereocenters. The Balaban J connectivity index is 1.87. The first-order valence-corrected chi connectivity index (χ1v) is 12.2. The molecule has 0 spiro atoms. The number of ether oxygens (including phenoxy) is 1. The topological polar surface area (TPSA) is 131 Å². The smallest absolute Gasteiger partial charge is 0.240 e. The van der Waals surface area contributed by atoms with Gasteiger partial charge in [-0.3, -0.25) is 4.79 Å². The third kappa shape index (κ3) is 6.80. The van der Waals surface area contributed by atoms with Gasteiger partial charge >= 0.3 is 0 Å². The van der Waals surface area contributed by atoms with Gasteiger partial charge in [-0.2, -0.15) is 0 Å². The molecule has 0 bridgehead atoms. The van der Waals surface area contributed by atoms with E-state index in [0.717, 1.165) is 0 Å². The molecule has 2 aromatic rings. The van der Waals surface area contributed by atoms with Gasteiger partial charge in [0.15, 0.2) is 0 Å². The van der Waals surface area contributed by atoms with Gasteiger partial charge < -0.3 is 10.1 Å². The number of methoxy groups -OCH3 is 1. The van der Waals surface area contributed by atoms with Crippen LogP contribution in [0.2, 0.25) is 0 Å². The molecular weight excluding hydrogens is 430 g/mol. The Labute approximate surface area is 176 Å². The highest BCUT2D eigenvalue weighted by Crippen LogP contribution is 2.16. The Morgan fingerprint density at radius 3 is 1.83 bits per heavy atom. The molecule has 1 amide bonds. The van der Waals surface area contributed by atoms with Crippen LogP contribution in [-0.2, 0) is 24.8 Å². The van der Waals surface area contributed by atoms with E-state index in [0.29, 0.717) is 24.4 Å². The van der Waals surface area contributed by atoms with E-state index in [1.54, 1.807) is 0 Å². The molecule has 0 aliphatic rings. The Hall–Kier alpha value is -2.47. The average molecular weight is 456 g/mol. The Kier molecular flexibility index (Phi) is 8.35. The molecule has 0 heterocycles. The Morgan fingerprint density at radius 2 is 1.33 bits per heavy atom. The number of hydrogen-bond acceptors (Lipinski definition) is 6. The number of anilines is 1. The van der Waals surface area contributed by atoms with E-state index in [4.69, 9.17) is 4.74 Å². The van der Waals surface area contributed by atoms with Gasteiger partial charge in [0, 0.05) is 25.2 Å². The normalized spacial score (nSPS) is 11.8. The second-order valence-corrected chi connectivity index (χ2v) is 9.83. The highest BCUT2D eigenvalue weighted by molar-refractivity contribution is 7.89. The van der Waals surface area contributed by atoms with Crippen molar-refractivity contribution in [2.75, 3.05) is 25.5 Å². The summed E-state index contributed by atoms with van der Waals surface area (Å²) in [5.41, 5.74) is 0.410. The van der Waals surface area contributed by atoms with Gasteiger partial charge in [0.05, 0.1) is 16.9 Å². The maximum atomic E-state index is 12.2. The van der Waals surface area contributed by atoms with E-state index >= 15 is 0 Å². The molecule has 0 aromatic heterocycles. The summed E-state index contributed by atoms with van der Waals surface area (Å²) >= 11 is 0. The highest BCUT2D eigenvalue weighted by atomic mass is 32.2. The lowest BCUT2D eigenvalue weighted by Gasteiger charge is -2.09.